The van der Waals surface area contributed by atoms with Gasteiger partial charge >= 0.3 is 5.97 Å². The minimum absolute atomic E-state index is 0.246. The second-order valence-electron chi connectivity index (χ2n) is 4.31. The lowest BCUT2D eigenvalue weighted by Crippen LogP contribution is -2.04. The van der Waals surface area contributed by atoms with Gasteiger partial charge < -0.3 is 4.74 Å². The van der Waals surface area contributed by atoms with Crippen molar-refractivity contribution in [3.05, 3.63) is 65.7 Å². The number of esters is 1. The van der Waals surface area contributed by atoms with E-state index in [0.29, 0.717) is 5.75 Å². The second kappa shape index (κ2) is 6.43. The second-order valence-corrected chi connectivity index (χ2v) is 4.67. The molecule has 0 amide bonds. The van der Waals surface area contributed by atoms with Crippen LogP contribution < -0.4 is 4.74 Å². The lowest BCUT2D eigenvalue weighted by Gasteiger charge is -2.15. The molecule has 0 aromatic heterocycles. The molecule has 2 aromatic rings. The van der Waals surface area contributed by atoms with E-state index < -0.39 is 0 Å². The molecule has 0 aliphatic heterocycles. The molecule has 1 unspecified atom stereocenters. The Labute approximate surface area is 118 Å². The Morgan fingerprint density at radius 3 is 2.16 bits per heavy atom. The fourth-order valence-electron chi connectivity index (χ4n) is 2.02. The van der Waals surface area contributed by atoms with Crippen molar-refractivity contribution in [2.24, 2.45) is 0 Å². The monoisotopic (exact) mass is 272 g/mol. The van der Waals surface area contributed by atoms with Crippen LogP contribution in [0.1, 0.15) is 24.0 Å². The van der Waals surface area contributed by atoms with Crippen molar-refractivity contribution < 1.29 is 9.53 Å². The minimum atomic E-state index is -0.304. The number of rotatable bonds is 4. The molecule has 98 valence electrons. The summed E-state index contributed by atoms with van der Waals surface area (Å²) in [4.78, 5) is 10.9. The first-order chi connectivity index (χ1) is 9.20. The van der Waals surface area contributed by atoms with E-state index in [0.717, 1.165) is 11.3 Å². The highest BCUT2D eigenvalue weighted by atomic mass is 32.1. The van der Waals surface area contributed by atoms with E-state index in [1.54, 1.807) is 0 Å². The maximum absolute atomic E-state index is 10.9. The number of hydrogen-bond donors (Lipinski definition) is 1. The third kappa shape index (κ3) is 3.61. The van der Waals surface area contributed by atoms with Crippen LogP contribution in [0.3, 0.4) is 0 Å². The molecular formula is C16H16O2S. The number of carbonyl (C=O) groups is 1. The molecule has 19 heavy (non-hydrogen) atoms. The summed E-state index contributed by atoms with van der Waals surface area (Å²) in [7, 11) is 0. The van der Waals surface area contributed by atoms with Gasteiger partial charge in [-0.25, -0.2) is 0 Å². The zero-order valence-electron chi connectivity index (χ0n) is 10.7. The molecule has 2 nitrogen and oxygen atoms in total. The average Bonchev–Trinajstić information content (AvgIpc) is 2.42. The molecule has 0 saturated carbocycles. The number of hydrogen-bond acceptors (Lipinski definition) is 3. The molecule has 0 heterocycles. The number of benzene rings is 2. The Kier molecular flexibility index (Phi) is 4.63. The third-order valence-electron chi connectivity index (χ3n) is 2.93. The Morgan fingerprint density at radius 2 is 1.63 bits per heavy atom. The van der Waals surface area contributed by atoms with Gasteiger partial charge in [-0.1, -0.05) is 42.5 Å². The van der Waals surface area contributed by atoms with Crippen LogP contribution in [0.4, 0.5) is 0 Å². The largest absolute Gasteiger partial charge is 0.427 e. The van der Waals surface area contributed by atoms with E-state index in [-0.39, 0.29) is 11.9 Å². The van der Waals surface area contributed by atoms with Crippen LogP contribution in [-0.2, 0) is 4.79 Å². The topological polar surface area (TPSA) is 26.3 Å². The maximum Gasteiger partial charge on any atom is 0.308 e. The highest BCUT2D eigenvalue weighted by Gasteiger charge is 2.12. The van der Waals surface area contributed by atoms with Crippen LogP contribution in [0.2, 0.25) is 0 Å². The molecule has 0 N–H and O–H groups in total. The Morgan fingerprint density at radius 1 is 1.05 bits per heavy atom. The molecular weight excluding hydrogens is 256 g/mol. The number of carbonyl (C=O) groups excluding carboxylic acids is 1. The van der Waals surface area contributed by atoms with E-state index in [2.05, 4.69) is 24.8 Å². The van der Waals surface area contributed by atoms with Gasteiger partial charge in [-0.3, -0.25) is 4.79 Å². The molecule has 0 radical (unpaired) electrons. The van der Waals surface area contributed by atoms with Gasteiger partial charge in [0, 0.05) is 18.6 Å². The first kappa shape index (κ1) is 13.7. The maximum atomic E-state index is 10.9. The van der Waals surface area contributed by atoms with Gasteiger partial charge in [-0.05, 0) is 23.3 Å². The fraction of sp³-hybridized carbons (Fsp3) is 0.188. The quantitative estimate of drug-likeness (QED) is 0.522. The fourth-order valence-corrected chi connectivity index (χ4v) is 2.44. The number of thiol groups is 1. The van der Waals surface area contributed by atoms with E-state index >= 15 is 0 Å². The summed E-state index contributed by atoms with van der Waals surface area (Å²) in [5.74, 6) is 1.25. The molecule has 0 bridgehead atoms. The standard InChI is InChI=1S/C16H16O2S/c1-12(17)18-15-9-7-14(8-10-15)16(11-19)13-5-3-2-4-6-13/h2-10,16,19H,11H2,1H3. The van der Waals surface area contributed by atoms with E-state index in [9.17, 15) is 4.79 Å². The molecule has 2 aromatic carbocycles. The Bertz CT molecular complexity index is 534. The Hall–Kier alpha value is -1.74. The van der Waals surface area contributed by atoms with Crippen LogP contribution in [-0.4, -0.2) is 11.7 Å². The molecule has 3 heteroatoms. The van der Waals surface area contributed by atoms with Crippen LogP contribution >= 0.6 is 12.6 Å². The van der Waals surface area contributed by atoms with Crippen molar-refractivity contribution in [3.8, 4) is 5.75 Å². The minimum Gasteiger partial charge on any atom is -0.427 e. The smallest absolute Gasteiger partial charge is 0.308 e. The van der Waals surface area contributed by atoms with Crippen molar-refractivity contribution in [1.82, 2.24) is 0 Å². The summed E-state index contributed by atoms with van der Waals surface area (Å²) in [5, 5.41) is 0. The van der Waals surface area contributed by atoms with E-state index in [1.807, 2.05) is 42.5 Å². The average molecular weight is 272 g/mol. The van der Waals surface area contributed by atoms with Crippen LogP contribution in [0.15, 0.2) is 54.6 Å². The predicted octanol–water partition coefficient (Wildman–Crippen LogP) is 3.67. The molecule has 0 aliphatic rings. The molecule has 0 fully saturated rings. The SMILES string of the molecule is CC(=O)Oc1ccc(C(CS)c2ccccc2)cc1. The molecule has 1 atom stereocenters. The van der Waals surface area contributed by atoms with Gasteiger partial charge in [0.2, 0.25) is 0 Å². The van der Waals surface area contributed by atoms with E-state index in [4.69, 9.17) is 4.74 Å². The lowest BCUT2D eigenvalue weighted by molar-refractivity contribution is -0.131. The molecule has 2 rings (SSSR count). The highest BCUT2D eigenvalue weighted by Crippen LogP contribution is 2.27. The van der Waals surface area contributed by atoms with Gasteiger partial charge in [0.25, 0.3) is 0 Å². The van der Waals surface area contributed by atoms with Gasteiger partial charge in [0.05, 0.1) is 0 Å². The van der Waals surface area contributed by atoms with Crippen LogP contribution in [0.25, 0.3) is 0 Å². The van der Waals surface area contributed by atoms with Gasteiger partial charge in [0.15, 0.2) is 0 Å². The molecule has 0 saturated heterocycles. The summed E-state index contributed by atoms with van der Waals surface area (Å²) < 4.78 is 5.03. The van der Waals surface area contributed by atoms with Crippen molar-refractivity contribution in [2.45, 2.75) is 12.8 Å². The summed E-state index contributed by atoms with van der Waals surface area (Å²) in [5.41, 5.74) is 2.40. The third-order valence-corrected chi connectivity index (χ3v) is 3.29. The van der Waals surface area contributed by atoms with Gasteiger partial charge in [-0.15, -0.1) is 0 Å². The van der Waals surface area contributed by atoms with E-state index in [1.165, 1.54) is 12.5 Å². The highest BCUT2D eigenvalue weighted by molar-refractivity contribution is 7.80. The van der Waals surface area contributed by atoms with Crippen LogP contribution in [0.5, 0.6) is 5.75 Å². The lowest BCUT2D eigenvalue weighted by atomic mass is 9.93. The summed E-state index contributed by atoms with van der Waals surface area (Å²) >= 11 is 4.43. The van der Waals surface area contributed by atoms with Crippen LogP contribution in [0, 0.1) is 0 Å². The number of ether oxygens (including phenoxy) is 1. The molecule has 0 spiro atoms. The predicted molar refractivity (Wildman–Crippen MR) is 79.9 cm³/mol. The summed E-state index contributed by atoms with van der Waals surface area (Å²) in [6.45, 7) is 1.40. The Balaban J connectivity index is 2.22. The van der Waals surface area contributed by atoms with Gasteiger partial charge in [-0.2, -0.15) is 12.6 Å². The first-order valence-electron chi connectivity index (χ1n) is 6.15. The normalized spacial score (nSPS) is 11.9. The zero-order chi connectivity index (χ0) is 13.7. The van der Waals surface area contributed by atoms with Gasteiger partial charge in [0.1, 0.15) is 5.75 Å². The van der Waals surface area contributed by atoms with Crippen molar-refractivity contribution in [3.63, 3.8) is 0 Å². The summed E-state index contributed by atoms with van der Waals surface area (Å²) in [6, 6.07) is 17.8. The zero-order valence-corrected chi connectivity index (χ0v) is 11.6. The van der Waals surface area contributed by atoms with Crippen molar-refractivity contribution in [1.29, 1.82) is 0 Å². The summed E-state index contributed by atoms with van der Waals surface area (Å²) in [6.07, 6.45) is 0. The first-order valence-corrected chi connectivity index (χ1v) is 6.78. The van der Waals surface area contributed by atoms with Crippen molar-refractivity contribution in [2.75, 3.05) is 5.75 Å². The van der Waals surface area contributed by atoms with Crippen molar-refractivity contribution >= 4 is 18.6 Å². The molecule has 0 aliphatic carbocycles.